The Labute approximate surface area is 183 Å². The third-order valence-corrected chi connectivity index (χ3v) is 5.51. The molecule has 0 aliphatic carbocycles. The van der Waals surface area contributed by atoms with E-state index in [1.807, 2.05) is 32.0 Å². The molecular formula is C24H23N3O5. The van der Waals surface area contributed by atoms with Gasteiger partial charge < -0.3 is 14.5 Å². The summed E-state index contributed by atoms with van der Waals surface area (Å²) in [6.07, 6.45) is 0. The molecule has 0 saturated carbocycles. The number of furan rings is 1. The maximum atomic E-state index is 13.1. The molecule has 1 N–H and O–H groups in total. The molecule has 8 nitrogen and oxygen atoms in total. The topological polar surface area (TPSA) is 95.5 Å². The van der Waals surface area contributed by atoms with Crippen molar-refractivity contribution in [3.8, 4) is 11.1 Å². The fourth-order valence-corrected chi connectivity index (χ4v) is 3.75. The van der Waals surface area contributed by atoms with Crippen molar-refractivity contribution in [1.29, 1.82) is 0 Å². The van der Waals surface area contributed by atoms with Gasteiger partial charge >= 0.3 is 11.7 Å². The Morgan fingerprint density at radius 2 is 1.69 bits per heavy atom. The Kier molecular flexibility index (Phi) is 5.22. The van der Waals surface area contributed by atoms with Gasteiger partial charge in [-0.3, -0.25) is 13.9 Å². The number of aromatic nitrogens is 2. The Morgan fingerprint density at radius 1 is 1.00 bits per heavy atom. The molecular weight excluding hydrogens is 410 g/mol. The number of carbonyl (C=O) groups excluding carboxylic acids is 1. The maximum absolute atomic E-state index is 13.1. The predicted molar refractivity (Wildman–Crippen MR) is 123 cm³/mol. The van der Waals surface area contributed by atoms with E-state index in [1.54, 1.807) is 31.3 Å². The van der Waals surface area contributed by atoms with E-state index in [2.05, 4.69) is 5.32 Å². The normalized spacial score (nSPS) is 11.0. The second-order valence-electron chi connectivity index (χ2n) is 7.70. The first-order valence-electron chi connectivity index (χ1n) is 9.98. The summed E-state index contributed by atoms with van der Waals surface area (Å²) in [6, 6.07) is 12.6. The highest BCUT2D eigenvalue weighted by atomic mass is 16.5. The monoisotopic (exact) mass is 433 g/mol. The third-order valence-electron chi connectivity index (χ3n) is 5.51. The Morgan fingerprint density at radius 3 is 2.31 bits per heavy atom. The summed E-state index contributed by atoms with van der Waals surface area (Å²) in [4.78, 5) is 37.4. The van der Waals surface area contributed by atoms with Crippen LogP contribution in [0.1, 0.15) is 21.5 Å². The number of carbonyl (C=O) groups is 1. The molecule has 0 fully saturated rings. The molecule has 2 aromatic carbocycles. The Balaban J connectivity index is 2.00. The number of esters is 1. The van der Waals surface area contributed by atoms with Crippen molar-refractivity contribution in [2.45, 2.75) is 13.8 Å². The van der Waals surface area contributed by atoms with Gasteiger partial charge in [-0.15, -0.1) is 0 Å². The number of hydrogen-bond acceptors (Lipinski definition) is 6. The Hall–Kier alpha value is -4.07. The van der Waals surface area contributed by atoms with E-state index in [0.29, 0.717) is 22.6 Å². The maximum Gasteiger partial charge on any atom is 0.337 e. The largest absolute Gasteiger partial charge is 0.465 e. The molecule has 0 bridgehead atoms. The van der Waals surface area contributed by atoms with Crippen LogP contribution in [-0.2, 0) is 18.8 Å². The molecule has 0 radical (unpaired) electrons. The summed E-state index contributed by atoms with van der Waals surface area (Å²) >= 11 is 0. The molecule has 0 aliphatic rings. The van der Waals surface area contributed by atoms with E-state index < -0.39 is 17.2 Å². The number of fused-ring (bicyclic) bond motifs is 1. The van der Waals surface area contributed by atoms with Crippen LogP contribution in [0.4, 0.5) is 11.6 Å². The highest BCUT2D eigenvalue weighted by Gasteiger charge is 2.24. The lowest BCUT2D eigenvalue weighted by Gasteiger charge is -2.10. The van der Waals surface area contributed by atoms with Crippen LogP contribution in [0.25, 0.3) is 22.2 Å². The zero-order valence-corrected chi connectivity index (χ0v) is 18.5. The summed E-state index contributed by atoms with van der Waals surface area (Å²) in [5, 5.41) is 3.55. The van der Waals surface area contributed by atoms with Crippen LogP contribution < -0.4 is 16.6 Å². The molecule has 4 rings (SSSR count). The minimum atomic E-state index is -0.484. The number of benzene rings is 2. The molecule has 4 aromatic rings. The van der Waals surface area contributed by atoms with Gasteiger partial charge in [0.1, 0.15) is 5.39 Å². The van der Waals surface area contributed by atoms with Crippen molar-refractivity contribution in [2.24, 2.45) is 14.1 Å². The quantitative estimate of drug-likeness (QED) is 0.494. The standard InChI is InChI=1S/C24H23N3O5/c1-13-6-11-17(14(2)12-13)25-20-18(15-7-9-16(10-8-15)23(29)31-5)19-21(28)26(3)24(30)27(4)22(19)32-20/h6-12,25H,1-5H3. The molecule has 0 unspecified atom stereocenters. The zero-order chi connectivity index (χ0) is 23.2. The number of aryl methyl sites for hydroxylation is 3. The highest BCUT2D eigenvalue weighted by molar-refractivity contribution is 6.00. The van der Waals surface area contributed by atoms with Gasteiger partial charge in [0.05, 0.1) is 18.2 Å². The van der Waals surface area contributed by atoms with Crippen LogP contribution in [0.2, 0.25) is 0 Å². The van der Waals surface area contributed by atoms with E-state index in [4.69, 9.17) is 9.15 Å². The molecule has 0 saturated heterocycles. The average molecular weight is 433 g/mol. The number of ether oxygens (including phenoxy) is 1. The minimum absolute atomic E-state index is 0.164. The van der Waals surface area contributed by atoms with Gasteiger partial charge in [0.2, 0.25) is 11.6 Å². The predicted octanol–water partition coefficient (Wildman–Crippen LogP) is 3.64. The van der Waals surface area contributed by atoms with Gasteiger partial charge in [-0.2, -0.15) is 0 Å². The van der Waals surface area contributed by atoms with Crippen LogP contribution in [0.3, 0.4) is 0 Å². The third kappa shape index (κ3) is 3.39. The molecule has 0 atom stereocenters. The minimum Gasteiger partial charge on any atom is -0.465 e. The number of methoxy groups -OCH3 is 1. The number of nitrogens with one attached hydrogen (secondary N) is 1. The van der Waals surface area contributed by atoms with E-state index in [0.717, 1.165) is 21.4 Å². The van der Waals surface area contributed by atoms with Crippen molar-refractivity contribution in [1.82, 2.24) is 9.13 Å². The first-order valence-corrected chi connectivity index (χ1v) is 9.98. The van der Waals surface area contributed by atoms with Crippen LogP contribution in [0.5, 0.6) is 0 Å². The number of nitrogens with zero attached hydrogens (tertiary/aromatic N) is 2. The van der Waals surface area contributed by atoms with Crippen molar-refractivity contribution in [2.75, 3.05) is 12.4 Å². The van der Waals surface area contributed by atoms with E-state index in [9.17, 15) is 14.4 Å². The summed E-state index contributed by atoms with van der Waals surface area (Å²) in [7, 11) is 4.30. The number of rotatable bonds is 4. The first-order chi connectivity index (χ1) is 15.2. The van der Waals surface area contributed by atoms with Crippen molar-refractivity contribution >= 4 is 28.6 Å². The SMILES string of the molecule is COC(=O)c1ccc(-c2c(Nc3ccc(C)cc3C)oc3c2c(=O)n(C)c(=O)n3C)cc1. The van der Waals surface area contributed by atoms with Gasteiger partial charge in [0, 0.05) is 19.8 Å². The van der Waals surface area contributed by atoms with E-state index in [-0.39, 0.29) is 11.1 Å². The number of hydrogen-bond donors (Lipinski definition) is 1. The van der Waals surface area contributed by atoms with Crippen LogP contribution in [0, 0.1) is 13.8 Å². The van der Waals surface area contributed by atoms with Crippen LogP contribution >= 0.6 is 0 Å². The highest BCUT2D eigenvalue weighted by Crippen LogP contribution is 2.38. The summed E-state index contributed by atoms with van der Waals surface area (Å²) in [5.41, 5.74) is 3.68. The summed E-state index contributed by atoms with van der Waals surface area (Å²) in [5.74, 6) is -0.128. The summed E-state index contributed by atoms with van der Waals surface area (Å²) < 4.78 is 13.1. The molecule has 2 heterocycles. The average Bonchev–Trinajstić information content (AvgIpc) is 3.17. The van der Waals surface area contributed by atoms with E-state index >= 15 is 0 Å². The van der Waals surface area contributed by atoms with Crippen molar-refractivity contribution in [3.05, 3.63) is 80.0 Å². The lowest BCUT2D eigenvalue weighted by atomic mass is 10.0. The molecule has 0 aliphatic heterocycles. The van der Waals surface area contributed by atoms with Crippen molar-refractivity contribution < 1.29 is 13.9 Å². The molecule has 0 amide bonds. The van der Waals surface area contributed by atoms with Crippen molar-refractivity contribution in [3.63, 3.8) is 0 Å². The van der Waals surface area contributed by atoms with Crippen LogP contribution in [0.15, 0.2) is 56.5 Å². The Bertz CT molecular complexity index is 1470. The molecule has 32 heavy (non-hydrogen) atoms. The van der Waals surface area contributed by atoms with Gasteiger partial charge in [-0.25, -0.2) is 9.59 Å². The summed E-state index contributed by atoms with van der Waals surface area (Å²) in [6.45, 7) is 3.98. The second kappa shape index (κ2) is 7.88. The van der Waals surface area contributed by atoms with Gasteiger partial charge in [-0.1, -0.05) is 29.8 Å². The molecule has 8 heteroatoms. The van der Waals surface area contributed by atoms with Gasteiger partial charge in [0.25, 0.3) is 5.56 Å². The zero-order valence-electron chi connectivity index (χ0n) is 18.5. The molecule has 0 spiro atoms. The fourth-order valence-electron chi connectivity index (χ4n) is 3.75. The lowest BCUT2D eigenvalue weighted by molar-refractivity contribution is 0.0601. The van der Waals surface area contributed by atoms with Crippen LogP contribution in [-0.4, -0.2) is 22.2 Å². The van der Waals surface area contributed by atoms with E-state index in [1.165, 1.54) is 18.7 Å². The van der Waals surface area contributed by atoms with Gasteiger partial charge in [-0.05, 0) is 43.2 Å². The number of anilines is 2. The fraction of sp³-hybridized carbons (Fsp3) is 0.208. The molecule has 2 aromatic heterocycles. The first kappa shape index (κ1) is 21.2. The smallest absolute Gasteiger partial charge is 0.337 e. The lowest BCUT2D eigenvalue weighted by Crippen LogP contribution is -2.36. The second-order valence-corrected chi connectivity index (χ2v) is 7.70. The van der Waals surface area contributed by atoms with Gasteiger partial charge in [0.15, 0.2) is 0 Å². The molecule has 164 valence electrons.